The third-order valence-electron chi connectivity index (χ3n) is 7.76. The van der Waals surface area contributed by atoms with Gasteiger partial charge in [0, 0.05) is 12.8 Å². The van der Waals surface area contributed by atoms with Crippen LogP contribution in [0.5, 0.6) is 0 Å². The zero-order valence-electron chi connectivity index (χ0n) is 14.5. The first-order chi connectivity index (χ1) is 11.4. The standard InChI is InChI=1S/C20H28O4/c1-20-7-6-15-14-5-3-13(21)8-11(14)2-4-16(15)17(20)9-12(19(20)24)10-18(22)23/h12,15-17,19,24H,2-10H2,1H3,(H,22,23)/t12?,15?,16?,17?,19-,20-/m0/s1. The van der Waals surface area contributed by atoms with Gasteiger partial charge in [-0.2, -0.15) is 0 Å². The summed E-state index contributed by atoms with van der Waals surface area (Å²) in [6.45, 7) is 2.19. The quantitative estimate of drug-likeness (QED) is 0.761. The highest BCUT2D eigenvalue weighted by Crippen LogP contribution is 2.62. The molecule has 0 spiro atoms. The summed E-state index contributed by atoms with van der Waals surface area (Å²) < 4.78 is 0. The van der Waals surface area contributed by atoms with E-state index in [2.05, 4.69) is 6.92 Å². The van der Waals surface area contributed by atoms with Crippen LogP contribution in [-0.4, -0.2) is 28.1 Å². The highest BCUT2D eigenvalue weighted by Gasteiger charge is 2.58. The predicted molar refractivity (Wildman–Crippen MR) is 89.3 cm³/mol. The topological polar surface area (TPSA) is 74.6 Å². The largest absolute Gasteiger partial charge is 0.481 e. The smallest absolute Gasteiger partial charge is 0.303 e. The SMILES string of the molecule is C[C@]12CCC3C4=C(CCC3C1CC(CC(=O)O)[C@@H]2O)CC(=O)CC4. The van der Waals surface area contributed by atoms with Gasteiger partial charge in [0.25, 0.3) is 0 Å². The Hall–Kier alpha value is -1.16. The molecule has 132 valence electrons. The fourth-order valence-corrected chi connectivity index (χ4v) is 6.62. The maximum atomic E-state index is 11.8. The van der Waals surface area contributed by atoms with E-state index in [1.165, 1.54) is 5.57 Å². The van der Waals surface area contributed by atoms with Gasteiger partial charge in [-0.25, -0.2) is 0 Å². The molecule has 4 nitrogen and oxygen atoms in total. The molecule has 24 heavy (non-hydrogen) atoms. The number of aliphatic hydroxyl groups is 1. The summed E-state index contributed by atoms with van der Waals surface area (Å²) in [6, 6.07) is 0. The van der Waals surface area contributed by atoms with Gasteiger partial charge < -0.3 is 10.2 Å². The van der Waals surface area contributed by atoms with Crippen molar-refractivity contribution in [3.05, 3.63) is 11.1 Å². The molecule has 0 aromatic heterocycles. The average Bonchev–Trinajstić information content (AvgIpc) is 2.78. The van der Waals surface area contributed by atoms with E-state index in [9.17, 15) is 19.8 Å². The maximum absolute atomic E-state index is 11.8. The van der Waals surface area contributed by atoms with Crippen molar-refractivity contribution in [3.63, 3.8) is 0 Å². The molecule has 0 amide bonds. The number of fused-ring (bicyclic) bond motifs is 4. The molecule has 4 aliphatic carbocycles. The number of carboxylic acids is 1. The minimum absolute atomic E-state index is 0.0904. The van der Waals surface area contributed by atoms with Crippen molar-refractivity contribution >= 4 is 11.8 Å². The Morgan fingerprint density at radius 2 is 2.04 bits per heavy atom. The number of allylic oxidation sites excluding steroid dienone is 2. The summed E-state index contributed by atoms with van der Waals surface area (Å²) in [4.78, 5) is 22.9. The second-order valence-electron chi connectivity index (χ2n) is 8.84. The van der Waals surface area contributed by atoms with Crippen molar-refractivity contribution < 1.29 is 19.8 Å². The van der Waals surface area contributed by atoms with Crippen molar-refractivity contribution in [3.8, 4) is 0 Å². The maximum Gasteiger partial charge on any atom is 0.303 e. The number of Topliss-reactive ketones (excluding diaryl/α,β-unsaturated/α-hetero) is 1. The lowest BCUT2D eigenvalue weighted by Crippen LogP contribution is -2.45. The van der Waals surface area contributed by atoms with Crippen LogP contribution in [0.2, 0.25) is 0 Å². The Balaban J connectivity index is 1.61. The summed E-state index contributed by atoms with van der Waals surface area (Å²) in [5.41, 5.74) is 2.85. The van der Waals surface area contributed by atoms with E-state index in [0.29, 0.717) is 36.4 Å². The summed E-state index contributed by atoms with van der Waals surface area (Å²) >= 11 is 0. The molecule has 2 N–H and O–H groups in total. The first-order valence-electron chi connectivity index (χ1n) is 9.52. The number of carboxylic acid groups (broad SMARTS) is 1. The predicted octanol–water partition coefficient (Wildman–Crippen LogP) is 3.33. The summed E-state index contributed by atoms with van der Waals surface area (Å²) in [6.07, 6.45) is 7.02. The van der Waals surface area contributed by atoms with Crippen LogP contribution in [0.1, 0.15) is 64.7 Å². The highest BCUT2D eigenvalue weighted by molar-refractivity contribution is 5.82. The van der Waals surface area contributed by atoms with Gasteiger partial charge in [-0.15, -0.1) is 0 Å². The van der Waals surface area contributed by atoms with Gasteiger partial charge in [-0.1, -0.05) is 18.1 Å². The third-order valence-corrected chi connectivity index (χ3v) is 7.76. The van der Waals surface area contributed by atoms with Crippen LogP contribution in [0.15, 0.2) is 11.1 Å². The van der Waals surface area contributed by atoms with Crippen LogP contribution in [-0.2, 0) is 9.59 Å². The molecular formula is C20H28O4. The van der Waals surface area contributed by atoms with Crippen LogP contribution >= 0.6 is 0 Å². The molecule has 0 aromatic carbocycles. The molecule has 2 saturated carbocycles. The van der Waals surface area contributed by atoms with Gasteiger partial charge in [0.05, 0.1) is 12.5 Å². The lowest BCUT2D eigenvalue weighted by Gasteiger charge is -2.51. The van der Waals surface area contributed by atoms with Crippen LogP contribution < -0.4 is 0 Å². The molecule has 6 atom stereocenters. The van der Waals surface area contributed by atoms with Crippen LogP contribution in [0.25, 0.3) is 0 Å². The molecule has 4 heteroatoms. The van der Waals surface area contributed by atoms with Gasteiger partial charge in [0.1, 0.15) is 5.78 Å². The van der Waals surface area contributed by atoms with E-state index >= 15 is 0 Å². The normalized spacial score (nSPS) is 44.8. The van der Waals surface area contributed by atoms with E-state index in [1.54, 1.807) is 5.57 Å². The summed E-state index contributed by atoms with van der Waals surface area (Å²) in [7, 11) is 0. The Bertz CT molecular complexity index is 607. The zero-order valence-corrected chi connectivity index (χ0v) is 14.5. The van der Waals surface area contributed by atoms with E-state index in [4.69, 9.17) is 0 Å². The van der Waals surface area contributed by atoms with Crippen molar-refractivity contribution in [1.82, 2.24) is 0 Å². The monoisotopic (exact) mass is 332 g/mol. The third kappa shape index (κ3) is 2.37. The molecule has 4 unspecified atom stereocenters. The fourth-order valence-electron chi connectivity index (χ4n) is 6.62. The molecule has 0 aliphatic heterocycles. The van der Waals surface area contributed by atoms with Gasteiger partial charge in [-0.05, 0) is 67.6 Å². The average molecular weight is 332 g/mol. The molecule has 0 radical (unpaired) electrons. The molecule has 0 bridgehead atoms. The van der Waals surface area contributed by atoms with Crippen molar-refractivity contribution in [1.29, 1.82) is 0 Å². The summed E-state index contributed by atoms with van der Waals surface area (Å²) in [5.74, 6) is 1.09. The van der Waals surface area contributed by atoms with Crippen LogP contribution in [0, 0.1) is 29.1 Å². The first kappa shape index (κ1) is 16.3. The Morgan fingerprint density at radius 1 is 1.25 bits per heavy atom. The van der Waals surface area contributed by atoms with E-state index < -0.39 is 12.1 Å². The lowest BCUT2D eigenvalue weighted by molar-refractivity contribution is -0.139. The van der Waals surface area contributed by atoms with Crippen LogP contribution in [0.4, 0.5) is 0 Å². The molecule has 0 heterocycles. The number of carbonyl (C=O) groups is 2. The van der Waals surface area contributed by atoms with E-state index in [1.807, 2.05) is 0 Å². The Labute approximate surface area is 143 Å². The van der Waals surface area contributed by atoms with Gasteiger partial charge in [0.2, 0.25) is 0 Å². The molecule has 0 saturated heterocycles. The number of rotatable bonds is 2. The van der Waals surface area contributed by atoms with Crippen molar-refractivity contribution in [2.45, 2.75) is 70.8 Å². The first-order valence-corrected chi connectivity index (χ1v) is 9.52. The summed E-state index contributed by atoms with van der Waals surface area (Å²) in [5, 5.41) is 20.0. The molecule has 4 rings (SSSR count). The second-order valence-corrected chi connectivity index (χ2v) is 8.84. The van der Waals surface area contributed by atoms with Gasteiger partial charge in [-0.3, -0.25) is 9.59 Å². The molecule has 4 aliphatic rings. The van der Waals surface area contributed by atoms with E-state index in [-0.39, 0.29) is 17.8 Å². The van der Waals surface area contributed by atoms with Crippen molar-refractivity contribution in [2.24, 2.45) is 29.1 Å². The Morgan fingerprint density at radius 3 is 2.79 bits per heavy atom. The minimum Gasteiger partial charge on any atom is -0.481 e. The number of hydrogen-bond donors (Lipinski definition) is 2. The molecule has 2 fully saturated rings. The van der Waals surface area contributed by atoms with Crippen LogP contribution in [0.3, 0.4) is 0 Å². The zero-order chi connectivity index (χ0) is 17.1. The Kier molecular flexibility index (Phi) is 3.87. The molecular weight excluding hydrogens is 304 g/mol. The lowest BCUT2D eigenvalue weighted by atomic mass is 9.54. The van der Waals surface area contributed by atoms with Gasteiger partial charge >= 0.3 is 5.97 Å². The highest BCUT2D eigenvalue weighted by atomic mass is 16.4. The molecule has 0 aromatic rings. The number of hydrogen-bond acceptors (Lipinski definition) is 3. The minimum atomic E-state index is -0.794. The number of aliphatic carboxylic acids is 1. The van der Waals surface area contributed by atoms with Crippen molar-refractivity contribution in [2.75, 3.05) is 0 Å². The number of aliphatic hydroxyl groups excluding tert-OH is 1. The number of carbonyl (C=O) groups excluding carboxylic acids is 1. The fraction of sp³-hybridized carbons (Fsp3) is 0.800. The van der Waals surface area contributed by atoms with E-state index in [0.717, 1.165) is 38.5 Å². The second kappa shape index (κ2) is 5.69. The van der Waals surface area contributed by atoms with Gasteiger partial charge in [0.15, 0.2) is 0 Å². The number of ketones is 1.